The minimum atomic E-state index is -5.06. The monoisotopic (exact) mass is 416 g/mol. The molecule has 146 valence electrons. The number of carbonyl (C=O) groups is 2. The van der Waals surface area contributed by atoms with Gasteiger partial charge in [-0.05, 0) is 35.7 Å². The molecule has 0 spiro atoms. The number of hydrogen-bond acceptors (Lipinski definition) is 4. The second-order valence-electron chi connectivity index (χ2n) is 6.42. The van der Waals surface area contributed by atoms with Gasteiger partial charge in [0.05, 0.1) is 6.54 Å². The number of nitrogens with one attached hydrogen (secondary N) is 1. The van der Waals surface area contributed by atoms with Crippen molar-refractivity contribution in [2.75, 3.05) is 0 Å². The SMILES string of the molecule is O=C(NC1CCCC1)C(c1cccs1)N(Cc1cccs1)C(=O)C(F)(F)F. The fraction of sp³-hybridized carbons (Fsp3) is 0.444. The Kier molecular flexibility index (Phi) is 6.21. The standard InChI is InChI=1S/C18H19F3N2O2S2/c19-18(20,21)17(25)23(11-13-7-3-9-26-13)15(14-8-4-10-27-14)16(24)22-12-5-1-2-6-12/h3-4,7-10,12,15H,1-2,5-6,11H2,(H,22,24). The van der Waals surface area contributed by atoms with E-state index in [0.29, 0.717) is 14.7 Å². The lowest BCUT2D eigenvalue weighted by Crippen LogP contribution is -2.49. The van der Waals surface area contributed by atoms with E-state index in [1.807, 2.05) is 0 Å². The molecule has 1 N–H and O–H groups in total. The van der Waals surface area contributed by atoms with E-state index < -0.39 is 24.0 Å². The quantitative estimate of drug-likeness (QED) is 0.754. The predicted molar refractivity (Wildman–Crippen MR) is 98.4 cm³/mol. The summed E-state index contributed by atoms with van der Waals surface area (Å²) in [6.07, 6.45) is -1.48. The van der Waals surface area contributed by atoms with E-state index >= 15 is 0 Å². The summed E-state index contributed by atoms with van der Waals surface area (Å²) in [5.74, 6) is -2.56. The molecule has 2 heterocycles. The largest absolute Gasteiger partial charge is 0.471 e. The van der Waals surface area contributed by atoms with Gasteiger partial charge in [-0.1, -0.05) is 25.0 Å². The van der Waals surface area contributed by atoms with Crippen LogP contribution in [0.2, 0.25) is 0 Å². The molecule has 1 unspecified atom stereocenters. The Bertz CT molecular complexity index is 754. The van der Waals surface area contributed by atoms with Crippen molar-refractivity contribution >= 4 is 34.5 Å². The number of carbonyl (C=O) groups excluding carboxylic acids is 2. The van der Waals surface area contributed by atoms with E-state index in [1.54, 1.807) is 35.0 Å². The molecule has 0 bridgehead atoms. The summed E-state index contributed by atoms with van der Waals surface area (Å²) < 4.78 is 39.8. The van der Waals surface area contributed by atoms with Gasteiger partial charge in [-0.2, -0.15) is 13.2 Å². The molecule has 2 amide bonds. The van der Waals surface area contributed by atoms with E-state index in [2.05, 4.69) is 5.32 Å². The van der Waals surface area contributed by atoms with Crippen LogP contribution < -0.4 is 5.32 Å². The highest BCUT2D eigenvalue weighted by atomic mass is 32.1. The van der Waals surface area contributed by atoms with Crippen LogP contribution in [-0.2, 0) is 16.1 Å². The van der Waals surface area contributed by atoms with Crippen LogP contribution in [0.3, 0.4) is 0 Å². The van der Waals surface area contributed by atoms with Crippen molar-refractivity contribution < 1.29 is 22.8 Å². The highest BCUT2D eigenvalue weighted by Gasteiger charge is 2.47. The van der Waals surface area contributed by atoms with Gasteiger partial charge in [0.2, 0.25) is 5.91 Å². The minimum absolute atomic E-state index is 0.0514. The van der Waals surface area contributed by atoms with E-state index in [0.717, 1.165) is 25.7 Å². The Labute approximate surface area is 163 Å². The predicted octanol–water partition coefficient (Wildman–Crippen LogP) is 4.50. The topological polar surface area (TPSA) is 49.4 Å². The van der Waals surface area contributed by atoms with Gasteiger partial charge in [-0.25, -0.2) is 0 Å². The van der Waals surface area contributed by atoms with Crippen molar-refractivity contribution in [3.05, 3.63) is 44.8 Å². The van der Waals surface area contributed by atoms with Gasteiger partial charge in [0.15, 0.2) is 0 Å². The second kappa shape index (κ2) is 8.43. The summed E-state index contributed by atoms with van der Waals surface area (Å²) in [6, 6.07) is 5.26. The molecule has 0 aromatic carbocycles. The average Bonchev–Trinajstić information content (AvgIpc) is 3.36. The van der Waals surface area contributed by atoms with Crippen molar-refractivity contribution in [3.63, 3.8) is 0 Å². The molecule has 1 saturated carbocycles. The molecule has 4 nitrogen and oxygen atoms in total. The lowest BCUT2D eigenvalue weighted by molar-refractivity contribution is -0.189. The molecular weight excluding hydrogens is 397 g/mol. The highest BCUT2D eigenvalue weighted by Crippen LogP contribution is 2.32. The first-order chi connectivity index (χ1) is 12.9. The van der Waals surface area contributed by atoms with Crippen molar-refractivity contribution in [3.8, 4) is 0 Å². The van der Waals surface area contributed by atoms with Gasteiger partial charge in [0.1, 0.15) is 6.04 Å². The molecule has 1 aliphatic rings. The van der Waals surface area contributed by atoms with Gasteiger partial charge < -0.3 is 10.2 Å². The van der Waals surface area contributed by atoms with Crippen LogP contribution in [0.1, 0.15) is 41.5 Å². The first-order valence-electron chi connectivity index (χ1n) is 8.60. The maximum atomic E-state index is 13.3. The Balaban J connectivity index is 1.93. The molecule has 0 saturated heterocycles. The third-order valence-electron chi connectivity index (χ3n) is 4.48. The maximum absolute atomic E-state index is 13.3. The third-order valence-corrected chi connectivity index (χ3v) is 6.27. The van der Waals surface area contributed by atoms with Crippen LogP contribution in [0.4, 0.5) is 13.2 Å². The number of nitrogens with zero attached hydrogens (tertiary/aromatic N) is 1. The first-order valence-corrected chi connectivity index (χ1v) is 10.4. The van der Waals surface area contributed by atoms with Crippen LogP contribution in [0.25, 0.3) is 0 Å². The molecule has 1 fully saturated rings. The van der Waals surface area contributed by atoms with Gasteiger partial charge in [0.25, 0.3) is 0 Å². The zero-order chi connectivity index (χ0) is 19.4. The zero-order valence-electron chi connectivity index (χ0n) is 14.4. The normalized spacial score (nSPS) is 16.3. The van der Waals surface area contributed by atoms with Crippen molar-refractivity contribution in [1.29, 1.82) is 0 Å². The Morgan fingerprint density at radius 3 is 2.37 bits per heavy atom. The first kappa shape index (κ1) is 19.9. The number of thiophene rings is 2. The number of rotatable bonds is 6. The number of alkyl halides is 3. The molecule has 0 aliphatic heterocycles. The van der Waals surface area contributed by atoms with Crippen LogP contribution in [-0.4, -0.2) is 28.9 Å². The Hall–Kier alpha value is -1.87. The van der Waals surface area contributed by atoms with Crippen molar-refractivity contribution in [2.24, 2.45) is 0 Å². The average molecular weight is 416 g/mol. The Morgan fingerprint density at radius 1 is 1.15 bits per heavy atom. The second-order valence-corrected chi connectivity index (χ2v) is 8.43. The van der Waals surface area contributed by atoms with Crippen LogP contribution >= 0.6 is 22.7 Å². The van der Waals surface area contributed by atoms with Crippen LogP contribution in [0, 0.1) is 0 Å². The number of halogens is 3. The summed E-state index contributed by atoms with van der Waals surface area (Å²) in [5, 5.41) is 6.26. The molecule has 1 aliphatic carbocycles. The lowest BCUT2D eigenvalue weighted by Gasteiger charge is -2.31. The molecule has 3 rings (SSSR count). The summed E-state index contributed by atoms with van der Waals surface area (Å²) in [4.78, 5) is 26.8. The number of amides is 2. The van der Waals surface area contributed by atoms with Crippen molar-refractivity contribution in [2.45, 2.75) is 50.5 Å². The van der Waals surface area contributed by atoms with Crippen molar-refractivity contribution in [1.82, 2.24) is 10.2 Å². The minimum Gasteiger partial charge on any atom is -0.351 e. The fourth-order valence-electron chi connectivity index (χ4n) is 3.24. The summed E-state index contributed by atoms with van der Waals surface area (Å²) >= 11 is 2.42. The summed E-state index contributed by atoms with van der Waals surface area (Å²) in [5.41, 5.74) is 0. The zero-order valence-corrected chi connectivity index (χ0v) is 16.0. The lowest BCUT2D eigenvalue weighted by atomic mass is 10.1. The van der Waals surface area contributed by atoms with Gasteiger partial charge >= 0.3 is 12.1 Å². The van der Waals surface area contributed by atoms with E-state index in [-0.39, 0.29) is 12.6 Å². The van der Waals surface area contributed by atoms with E-state index in [1.165, 1.54) is 22.7 Å². The molecule has 2 aromatic rings. The molecular formula is C18H19F3N2O2S2. The summed E-state index contributed by atoms with van der Waals surface area (Å²) in [7, 11) is 0. The Morgan fingerprint density at radius 2 is 1.81 bits per heavy atom. The smallest absolute Gasteiger partial charge is 0.351 e. The molecule has 1 atom stereocenters. The van der Waals surface area contributed by atoms with Gasteiger partial charge in [-0.3, -0.25) is 9.59 Å². The molecule has 2 aromatic heterocycles. The van der Waals surface area contributed by atoms with Gasteiger partial charge in [0, 0.05) is 15.8 Å². The molecule has 27 heavy (non-hydrogen) atoms. The number of hydrogen-bond donors (Lipinski definition) is 1. The molecule has 0 radical (unpaired) electrons. The summed E-state index contributed by atoms with van der Waals surface area (Å²) in [6.45, 7) is -0.267. The van der Waals surface area contributed by atoms with E-state index in [4.69, 9.17) is 0 Å². The van der Waals surface area contributed by atoms with Gasteiger partial charge in [-0.15, -0.1) is 22.7 Å². The van der Waals surface area contributed by atoms with Crippen LogP contribution in [0.15, 0.2) is 35.0 Å². The third kappa shape index (κ3) is 4.90. The molecule has 9 heteroatoms. The van der Waals surface area contributed by atoms with E-state index in [9.17, 15) is 22.8 Å². The maximum Gasteiger partial charge on any atom is 0.471 e. The highest BCUT2D eigenvalue weighted by molar-refractivity contribution is 7.10. The fourth-order valence-corrected chi connectivity index (χ4v) is 4.77. The van der Waals surface area contributed by atoms with Crippen LogP contribution in [0.5, 0.6) is 0 Å².